The molecule has 1 aromatic heterocycles. The maximum atomic E-state index is 11.9. The van der Waals surface area contributed by atoms with Crippen LogP contribution in [0, 0.1) is 5.92 Å². The number of carbonyl (C=O) groups excluding carboxylic acids is 2. The fourth-order valence-corrected chi connectivity index (χ4v) is 1.83. The Morgan fingerprint density at radius 2 is 2.18 bits per heavy atom. The van der Waals surface area contributed by atoms with E-state index in [-0.39, 0.29) is 11.8 Å². The van der Waals surface area contributed by atoms with Crippen LogP contribution >= 0.6 is 0 Å². The van der Waals surface area contributed by atoms with Gasteiger partial charge in [0.15, 0.2) is 0 Å². The molecule has 0 aliphatic rings. The predicted molar refractivity (Wildman–Crippen MR) is 63.2 cm³/mol. The van der Waals surface area contributed by atoms with Crippen LogP contribution in [0.25, 0.3) is 0 Å². The molecule has 2 amide bonds. The molecule has 1 atom stereocenters. The fraction of sp³-hybridized carbons (Fsp3) is 0.500. The van der Waals surface area contributed by atoms with Crippen molar-refractivity contribution in [1.29, 1.82) is 0 Å². The van der Waals surface area contributed by atoms with E-state index in [1.807, 2.05) is 20.8 Å². The molecule has 0 radical (unpaired) electrons. The highest BCUT2D eigenvalue weighted by atomic mass is 16.3. The Morgan fingerprint density at radius 1 is 1.53 bits per heavy atom. The number of carbonyl (C=O) groups is 2. The summed E-state index contributed by atoms with van der Waals surface area (Å²) in [6.45, 7) is 5.52. The van der Waals surface area contributed by atoms with E-state index < -0.39 is 11.4 Å². The Balaban J connectivity index is 2.95. The number of nitrogens with one attached hydrogen (secondary N) is 1. The Kier molecular flexibility index (Phi) is 3.93. The van der Waals surface area contributed by atoms with Crippen molar-refractivity contribution in [3.05, 3.63) is 24.2 Å². The van der Waals surface area contributed by atoms with Crippen molar-refractivity contribution in [3.63, 3.8) is 0 Å². The van der Waals surface area contributed by atoms with Crippen LogP contribution in [0.4, 0.5) is 0 Å². The minimum atomic E-state index is -1.02. The SMILES string of the molecule is CC[C@](NC(=O)c1ccoc1)(C(N)=O)C(C)C. The molecule has 0 aliphatic carbocycles. The van der Waals surface area contributed by atoms with E-state index in [0.717, 1.165) is 0 Å². The first-order valence-corrected chi connectivity index (χ1v) is 5.58. The van der Waals surface area contributed by atoms with Crippen LogP contribution in [0.1, 0.15) is 37.6 Å². The number of furan rings is 1. The number of primary amides is 1. The third-order valence-corrected chi connectivity index (χ3v) is 3.10. The molecule has 0 unspecified atom stereocenters. The monoisotopic (exact) mass is 238 g/mol. The van der Waals surface area contributed by atoms with Crippen molar-refractivity contribution >= 4 is 11.8 Å². The second-order valence-corrected chi connectivity index (χ2v) is 4.31. The summed E-state index contributed by atoms with van der Waals surface area (Å²) in [5, 5.41) is 2.71. The molecule has 0 saturated heterocycles. The molecular weight excluding hydrogens is 220 g/mol. The number of rotatable bonds is 5. The summed E-state index contributed by atoms with van der Waals surface area (Å²) in [7, 11) is 0. The zero-order valence-electron chi connectivity index (χ0n) is 10.3. The lowest BCUT2D eigenvalue weighted by Gasteiger charge is -2.34. The summed E-state index contributed by atoms with van der Waals surface area (Å²) in [5.74, 6) is -0.958. The van der Waals surface area contributed by atoms with E-state index >= 15 is 0 Å². The molecule has 1 aromatic rings. The highest BCUT2D eigenvalue weighted by molar-refractivity contribution is 5.98. The molecule has 0 saturated carbocycles. The summed E-state index contributed by atoms with van der Waals surface area (Å²) in [5.41, 5.74) is 4.77. The number of amides is 2. The molecule has 3 N–H and O–H groups in total. The normalized spacial score (nSPS) is 14.4. The highest BCUT2D eigenvalue weighted by Crippen LogP contribution is 2.21. The molecule has 0 aliphatic heterocycles. The van der Waals surface area contributed by atoms with Gasteiger partial charge in [0.25, 0.3) is 5.91 Å². The third-order valence-electron chi connectivity index (χ3n) is 3.10. The van der Waals surface area contributed by atoms with Crippen LogP contribution in [-0.2, 0) is 4.79 Å². The van der Waals surface area contributed by atoms with Crippen molar-refractivity contribution in [2.75, 3.05) is 0 Å². The van der Waals surface area contributed by atoms with Gasteiger partial charge in [0.1, 0.15) is 11.8 Å². The van der Waals surface area contributed by atoms with E-state index in [9.17, 15) is 9.59 Å². The zero-order valence-corrected chi connectivity index (χ0v) is 10.3. The standard InChI is InChI=1S/C12H18N2O3/c1-4-12(8(2)3,11(13)16)14-10(15)9-5-6-17-7-9/h5-8H,4H2,1-3H3,(H2,13,16)(H,14,15)/t12-/m1/s1. The molecule has 94 valence electrons. The molecular formula is C12H18N2O3. The lowest BCUT2D eigenvalue weighted by Crippen LogP contribution is -2.60. The molecule has 0 aromatic carbocycles. The van der Waals surface area contributed by atoms with Gasteiger partial charge in [0, 0.05) is 0 Å². The van der Waals surface area contributed by atoms with Gasteiger partial charge in [-0.15, -0.1) is 0 Å². The number of hydrogen-bond acceptors (Lipinski definition) is 3. The lowest BCUT2D eigenvalue weighted by molar-refractivity contribution is -0.126. The Bertz CT molecular complexity index is 398. The smallest absolute Gasteiger partial charge is 0.255 e. The van der Waals surface area contributed by atoms with Gasteiger partial charge in [-0.05, 0) is 18.4 Å². The molecule has 5 nitrogen and oxygen atoms in total. The Labute approximate surface area is 100 Å². The lowest BCUT2D eigenvalue weighted by atomic mass is 9.83. The Morgan fingerprint density at radius 3 is 2.53 bits per heavy atom. The topological polar surface area (TPSA) is 85.3 Å². The van der Waals surface area contributed by atoms with Crippen molar-refractivity contribution in [2.45, 2.75) is 32.7 Å². The predicted octanol–water partition coefficient (Wildman–Crippen LogP) is 1.30. The van der Waals surface area contributed by atoms with Crippen LogP contribution in [0.2, 0.25) is 0 Å². The van der Waals surface area contributed by atoms with Crippen LogP contribution in [0.5, 0.6) is 0 Å². The van der Waals surface area contributed by atoms with Gasteiger partial charge in [-0.25, -0.2) is 0 Å². The molecule has 5 heteroatoms. The summed E-state index contributed by atoms with van der Waals surface area (Å²) < 4.78 is 4.83. The zero-order chi connectivity index (χ0) is 13.1. The molecule has 0 spiro atoms. The van der Waals surface area contributed by atoms with Crippen LogP contribution < -0.4 is 11.1 Å². The van der Waals surface area contributed by atoms with Crippen molar-refractivity contribution in [3.8, 4) is 0 Å². The van der Waals surface area contributed by atoms with Gasteiger partial charge in [-0.1, -0.05) is 20.8 Å². The number of nitrogens with two attached hydrogens (primary N) is 1. The van der Waals surface area contributed by atoms with Crippen LogP contribution in [0.15, 0.2) is 23.0 Å². The molecule has 0 bridgehead atoms. The van der Waals surface area contributed by atoms with Crippen molar-refractivity contribution < 1.29 is 14.0 Å². The van der Waals surface area contributed by atoms with E-state index in [1.165, 1.54) is 18.6 Å². The van der Waals surface area contributed by atoms with Gasteiger partial charge in [-0.3, -0.25) is 9.59 Å². The van der Waals surface area contributed by atoms with Gasteiger partial charge in [0.05, 0.1) is 11.8 Å². The van der Waals surface area contributed by atoms with Gasteiger partial charge >= 0.3 is 0 Å². The number of hydrogen-bond donors (Lipinski definition) is 2. The largest absolute Gasteiger partial charge is 0.472 e. The first kappa shape index (κ1) is 13.3. The van der Waals surface area contributed by atoms with E-state index in [1.54, 1.807) is 0 Å². The highest BCUT2D eigenvalue weighted by Gasteiger charge is 2.39. The van der Waals surface area contributed by atoms with Crippen LogP contribution in [-0.4, -0.2) is 17.4 Å². The van der Waals surface area contributed by atoms with E-state index in [4.69, 9.17) is 10.2 Å². The first-order valence-electron chi connectivity index (χ1n) is 5.58. The summed E-state index contributed by atoms with van der Waals surface area (Å²) >= 11 is 0. The minimum Gasteiger partial charge on any atom is -0.472 e. The average Bonchev–Trinajstić information content (AvgIpc) is 2.77. The van der Waals surface area contributed by atoms with Gasteiger partial charge < -0.3 is 15.5 Å². The second-order valence-electron chi connectivity index (χ2n) is 4.31. The maximum Gasteiger partial charge on any atom is 0.255 e. The quantitative estimate of drug-likeness (QED) is 0.810. The van der Waals surface area contributed by atoms with Crippen molar-refractivity contribution in [1.82, 2.24) is 5.32 Å². The maximum absolute atomic E-state index is 11.9. The van der Waals surface area contributed by atoms with E-state index in [0.29, 0.717) is 12.0 Å². The second kappa shape index (κ2) is 5.03. The summed E-state index contributed by atoms with van der Waals surface area (Å²) in [6, 6.07) is 1.54. The van der Waals surface area contributed by atoms with Gasteiger partial charge in [-0.2, -0.15) is 0 Å². The summed E-state index contributed by atoms with van der Waals surface area (Å²) in [4.78, 5) is 23.5. The first-order chi connectivity index (χ1) is 7.94. The summed E-state index contributed by atoms with van der Waals surface area (Å²) in [6.07, 6.45) is 3.18. The molecule has 1 heterocycles. The average molecular weight is 238 g/mol. The van der Waals surface area contributed by atoms with Gasteiger partial charge in [0.2, 0.25) is 5.91 Å². The Hall–Kier alpha value is -1.78. The molecule has 0 fully saturated rings. The minimum absolute atomic E-state index is 0.0825. The van der Waals surface area contributed by atoms with Crippen molar-refractivity contribution in [2.24, 2.45) is 11.7 Å². The third kappa shape index (κ3) is 2.49. The fourth-order valence-electron chi connectivity index (χ4n) is 1.83. The van der Waals surface area contributed by atoms with E-state index in [2.05, 4.69) is 5.32 Å². The van der Waals surface area contributed by atoms with Crippen LogP contribution in [0.3, 0.4) is 0 Å². The molecule has 1 rings (SSSR count). The molecule has 17 heavy (non-hydrogen) atoms.